The Kier molecular flexibility index (Phi) is 6.07. The molecule has 22 heavy (non-hydrogen) atoms. The highest BCUT2D eigenvalue weighted by molar-refractivity contribution is 6.42. The van der Waals surface area contributed by atoms with Crippen LogP contribution in [0.2, 0.25) is 10.0 Å². The Morgan fingerprint density at radius 2 is 2.00 bits per heavy atom. The van der Waals surface area contributed by atoms with Gasteiger partial charge in [-0.25, -0.2) is 4.39 Å². The molecule has 0 spiro atoms. The largest absolute Gasteiger partial charge is 0.491 e. The van der Waals surface area contributed by atoms with Crippen molar-refractivity contribution in [3.05, 3.63) is 63.4 Å². The van der Waals surface area contributed by atoms with Crippen LogP contribution in [-0.2, 0) is 6.42 Å². The zero-order valence-electron chi connectivity index (χ0n) is 12.3. The van der Waals surface area contributed by atoms with Crippen LogP contribution in [0, 0.1) is 5.82 Å². The SMILES string of the molecule is CCOc1ccc(C(CN)Cc2cccc(Cl)c2Cl)cc1F. The van der Waals surface area contributed by atoms with E-state index >= 15 is 0 Å². The monoisotopic (exact) mass is 341 g/mol. The second kappa shape index (κ2) is 7.82. The van der Waals surface area contributed by atoms with E-state index in [1.807, 2.05) is 25.1 Å². The first-order chi connectivity index (χ1) is 10.6. The molecule has 0 fully saturated rings. The Morgan fingerprint density at radius 3 is 2.64 bits per heavy atom. The van der Waals surface area contributed by atoms with E-state index in [-0.39, 0.29) is 17.5 Å². The van der Waals surface area contributed by atoms with Crippen molar-refractivity contribution in [2.75, 3.05) is 13.2 Å². The van der Waals surface area contributed by atoms with Gasteiger partial charge in [0.25, 0.3) is 0 Å². The molecule has 0 heterocycles. The Hall–Kier alpha value is -1.29. The average molecular weight is 342 g/mol. The van der Waals surface area contributed by atoms with Gasteiger partial charge in [-0.15, -0.1) is 0 Å². The molecule has 0 aliphatic heterocycles. The van der Waals surface area contributed by atoms with Crippen molar-refractivity contribution in [2.24, 2.45) is 5.73 Å². The number of halogens is 3. The van der Waals surface area contributed by atoms with Crippen molar-refractivity contribution >= 4 is 23.2 Å². The molecule has 2 aromatic rings. The molecule has 0 amide bonds. The summed E-state index contributed by atoms with van der Waals surface area (Å²) in [7, 11) is 0. The quantitative estimate of drug-likeness (QED) is 0.817. The zero-order chi connectivity index (χ0) is 16.1. The second-order valence-electron chi connectivity index (χ2n) is 4.97. The van der Waals surface area contributed by atoms with Crippen molar-refractivity contribution in [3.63, 3.8) is 0 Å². The maximum absolute atomic E-state index is 14.0. The zero-order valence-corrected chi connectivity index (χ0v) is 13.8. The molecule has 0 aromatic heterocycles. The van der Waals surface area contributed by atoms with Crippen molar-refractivity contribution in [1.29, 1.82) is 0 Å². The Bertz CT molecular complexity index is 649. The van der Waals surface area contributed by atoms with Crippen molar-refractivity contribution in [3.8, 4) is 5.75 Å². The molecule has 0 bridgehead atoms. The average Bonchev–Trinajstić information content (AvgIpc) is 2.51. The highest BCUT2D eigenvalue weighted by Gasteiger charge is 2.16. The fourth-order valence-electron chi connectivity index (χ4n) is 2.35. The molecule has 0 saturated heterocycles. The van der Waals surface area contributed by atoms with E-state index in [0.717, 1.165) is 11.1 Å². The van der Waals surface area contributed by atoms with Crippen LogP contribution in [0.4, 0.5) is 4.39 Å². The number of ether oxygens (including phenoxy) is 1. The number of nitrogens with two attached hydrogens (primary N) is 1. The third kappa shape index (κ3) is 3.92. The molecule has 0 aliphatic rings. The van der Waals surface area contributed by atoms with Gasteiger partial charge in [0, 0.05) is 5.92 Å². The van der Waals surface area contributed by atoms with Gasteiger partial charge < -0.3 is 10.5 Å². The maximum atomic E-state index is 14.0. The molecule has 2 nitrogen and oxygen atoms in total. The van der Waals surface area contributed by atoms with Gasteiger partial charge in [0.1, 0.15) is 0 Å². The Balaban J connectivity index is 2.25. The summed E-state index contributed by atoms with van der Waals surface area (Å²) in [4.78, 5) is 0. The first kappa shape index (κ1) is 17.1. The van der Waals surface area contributed by atoms with Crippen molar-refractivity contribution in [1.82, 2.24) is 0 Å². The van der Waals surface area contributed by atoms with Crippen LogP contribution >= 0.6 is 23.2 Å². The van der Waals surface area contributed by atoms with Crippen LogP contribution in [-0.4, -0.2) is 13.2 Å². The molecule has 1 unspecified atom stereocenters. The van der Waals surface area contributed by atoms with E-state index in [4.69, 9.17) is 33.7 Å². The highest BCUT2D eigenvalue weighted by Crippen LogP contribution is 2.31. The van der Waals surface area contributed by atoms with Crippen LogP contribution in [0.25, 0.3) is 0 Å². The standard InChI is InChI=1S/C17H18Cl2FNO/c1-2-22-16-7-6-11(9-15(16)20)13(10-21)8-12-4-3-5-14(18)17(12)19/h3-7,9,13H,2,8,10,21H2,1H3. The smallest absolute Gasteiger partial charge is 0.165 e. The highest BCUT2D eigenvalue weighted by atomic mass is 35.5. The fourth-order valence-corrected chi connectivity index (χ4v) is 2.75. The molecule has 0 radical (unpaired) electrons. The number of hydrogen-bond acceptors (Lipinski definition) is 2. The van der Waals surface area contributed by atoms with E-state index < -0.39 is 0 Å². The van der Waals surface area contributed by atoms with Crippen LogP contribution in [0.1, 0.15) is 24.0 Å². The van der Waals surface area contributed by atoms with E-state index in [2.05, 4.69) is 0 Å². The van der Waals surface area contributed by atoms with Gasteiger partial charge in [-0.05, 0) is 49.2 Å². The Labute approximate surface area is 140 Å². The van der Waals surface area contributed by atoms with Gasteiger partial charge in [0.05, 0.1) is 16.7 Å². The molecule has 2 aromatic carbocycles. The van der Waals surface area contributed by atoms with Gasteiger partial charge in [0.2, 0.25) is 0 Å². The summed E-state index contributed by atoms with van der Waals surface area (Å²) in [6.45, 7) is 2.63. The minimum atomic E-state index is -0.380. The minimum Gasteiger partial charge on any atom is -0.491 e. The van der Waals surface area contributed by atoms with Crippen LogP contribution in [0.5, 0.6) is 5.75 Å². The summed E-state index contributed by atoms with van der Waals surface area (Å²) in [5, 5.41) is 1.03. The van der Waals surface area contributed by atoms with Gasteiger partial charge in [-0.3, -0.25) is 0 Å². The topological polar surface area (TPSA) is 35.2 Å². The molecule has 2 rings (SSSR count). The summed E-state index contributed by atoms with van der Waals surface area (Å²) in [5.41, 5.74) is 7.58. The summed E-state index contributed by atoms with van der Waals surface area (Å²) >= 11 is 12.2. The summed E-state index contributed by atoms with van der Waals surface area (Å²) in [6, 6.07) is 10.4. The second-order valence-corrected chi connectivity index (χ2v) is 5.76. The van der Waals surface area contributed by atoms with E-state index in [1.165, 1.54) is 6.07 Å². The van der Waals surface area contributed by atoms with Gasteiger partial charge in [-0.2, -0.15) is 0 Å². The van der Waals surface area contributed by atoms with Gasteiger partial charge >= 0.3 is 0 Å². The summed E-state index contributed by atoms with van der Waals surface area (Å²) in [6.07, 6.45) is 0.601. The maximum Gasteiger partial charge on any atom is 0.165 e. The molecule has 0 saturated carbocycles. The van der Waals surface area contributed by atoms with Crippen LogP contribution in [0.15, 0.2) is 36.4 Å². The third-order valence-electron chi connectivity index (χ3n) is 3.51. The molecule has 0 aliphatic carbocycles. The first-order valence-corrected chi connectivity index (χ1v) is 7.87. The lowest BCUT2D eigenvalue weighted by Crippen LogP contribution is -2.15. The van der Waals surface area contributed by atoms with E-state index in [9.17, 15) is 4.39 Å². The van der Waals surface area contributed by atoms with Crippen LogP contribution in [0.3, 0.4) is 0 Å². The number of benzene rings is 2. The number of rotatable bonds is 6. The predicted molar refractivity (Wildman–Crippen MR) is 89.5 cm³/mol. The molecule has 118 valence electrons. The third-order valence-corrected chi connectivity index (χ3v) is 4.37. The molecular weight excluding hydrogens is 324 g/mol. The molecule has 2 N–H and O–H groups in total. The van der Waals surface area contributed by atoms with Crippen molar-refractivity contribution < 1.29 is 9.13 Å². The summed E-state index contributed by atoms with van der Waals surface area (Å²) < 4.78 is 19.2. The Morgan fingerprint density at radius 1 is 1.23 bits per heavy atom. The lowest BCUT2D eigenvalue weighted by molar-refractivity contribution is 0.321. The molecule has 5 heteroatoms. The van der Waals surface area contributed by atoms with Gasteiger partial charge in [0.15, 0.2) is 11.6 Å². The minimum absolute atomic E-state index is 0.0406. The lowest BCUT2D eigenvalue weighted by Gasteiger charge is -2.17. The van der Waals surface area contributed by atoms with E-state index in [0.29, 0.717) is 29.6 Å². The fraction of sp³-hybridized carbons (Fsp3) is 0.294. The molecular formula is C17H18Cl2FNO. The number of hydrogen-bond donors (Lipinski definition) is 1. The summed E-state index contributed by atoms with van der Waals surface area (Å²) in [5.74, 6) is -0.168. The van der Waals surface area contributed by atoms with Gasteiger partial charge in [-0.1, -0.05) is 41.4 Å². The first-order valence-electron chi connectivity index (χ1n) is 7.12. The molecule has 1 atom stereocenters. The van der Waals surface area contributed by atoms with Crippen LogP contribution < -0.4 is 10.5 Å². The normalized spacial score (nSPS) is 12.2. The van der Waals surface area contributed by atoms with E-state index in [1.54, 1.807) is 12.1 Å². The van der Waals surface area contributed by atoms with Crippen molar-refractivity contribution in [2.45, 2.75) is 19.3 Å². The predicted octanol–water partition coefficient (Wildman–Crippen LogP) is 4.82. The lowest BCUT2D eigenvalue weighted by atomic mass is 9.92.